The first-order valence-electron chi connectivity index (χ1n) is 5.24. The van der Waals surface area contributed by atoms with E-state index < -0.39 is 23.3 Å². The van der Waals surface area contributed by atoms with E-state index in [2.05, 4.69) is 22.1 Å². The number of nitriles is 1. The highest BCUT2D eigenvalue weighted by Crippen LogP contribution is 2.47. The Morgan fingerprint density at radius 3 is 2.18 bits per heavy atom. The lowest BCUT2D eigenvalue weighted by Gasteiger charge is -2.22. The molecule has 17 heavy (non-hydrogen) atoms. The van der Waals surface area contributed by atoms with Gasteiger partial charge in [-0.3, -0.25) is 9.59 Å². The molecule has 1 rings (SSSR count). The van der Waals surface area contributed by atoms with Crippen LogP contribution in [0.1, 0.15) is 12.8 Å². The van der Waals surface area contributed by atoms with Crippen molar-refractivity contribution in [2.24, 2.45) is 17.3 Å². The van der Waals surface area contributed by atoms with Gasteiger partial charge in [0.25, 0.3) is 0 Å². The van der Waals surface area contributed by atoms with Crippen LogP contribution >= 0.6 is 0 Å². The van der Waals surface area contributed by atoms with Crippen molar-refractivity contribution in [3.8, 4) is 6.07 Å². The molecule has 0 N–H and O–H groups in total. The summed E-state index contributed by atoms with van der Waals surface area (Å²) in [5, 5.41) is 9.01. The molecule has 1 aliphatic rings. The van der Waals surface area contributed by atoms with Gasteiger partial charge in [-0.25, -0.2) is 0 Å². The first kappa shape index (κ1) is 13.2. The summed E-state index contributed by atoms with van der Waals surface area (Å²) in [6.07, 6.45) is 1.94. The predicted octanol–water partition coefficient (Wildman–Crippen LogP) is 1.05. The number of nitrogens with zero attached hydrogens (tertiary/aromatic N) is 1. The Hall–Kier alpha value is -1.83. The van der Waals surface area contributed by atoms with Crippen molar-refractivity contribution in [1.29, 1.82) is 5.26 Å². The molecule has 0 aromatic heterocycles. The van der Waals surface area contributed by atoms with E-state index in [0.29, 0.717) is 0 Å². The number of esters is 2. The number of hydrogen-bond donors (Lipinski definition) is 0. The minimum absolute atomic E-state index is 0.125. The molecular formula is C12H15NO4. The summed E-state index contributed by atoms with van der Waals surface area (Å²) in [4.78, 5) is 23.6. The molecule has 5 heteroatoms. The van der Waals surface area contributed by atoms with Gasteiger partial charge in [0.15, 0.2) is 5.41 Å². The van der Waals surface area contributed by atoms with Crippen molar-refractivity contribution in [2.75, 3.05) is 14.2 Å². The van der Waals surface area contributed by atoms with Gasteiger partial charge in [-0.1, -0.05) is 6.08 Å². The van der Waals surface area contributed by atoms with Gasteiger partial charge in [0.05, 0.1) is 26.2 Å². The molecule has 0 heterocycles. The van der Waals surface area contributed by atoms with E-state index in [1.165, 1.54) is 14.2 Å². The Kier molecular flexibility index (Phi) is 3.89. The summed E-state index contributed by atoms with van der Waals surface area (Å²) < 4.78 is 9.33. The van der Waals surface area contributed by atoms with E-state index in [1.54, 1.807) is 6.08 Å². The first-order chi connectivity index (χ1) is 8.05. The van der Waals surface area contributed by atoms with Gasteiger partial charge in [-0.05, 0) is 18.8 Å². The molecular weight excluding hydrogens is 222 g/mol. The maximum Gasteiger partial charge on any atom is 0.323 e. The molecule has 2 unspecified atom stereocenters. The lowest BCUT2D eigenvalue weighted by molar-refractivity contribution is -0.168. The highest BCUT2D eigenvalue weighted by atomic mass is 16.5. The summed E-state index contributed by atoms with van der Waals surface area (Å²) in [6.45, 7) is 3.62. The maximum atomic E-state index is 11.8. The molecule has 92 valence electrons. The lowest BCUT2D eigenvalue weighted by atomic mass is 9.85. The first-order valence-corrected chi connectivity index (χ1v) is 5.24. The molecule has 1 aliphatic carbocycles. The van der Waals surface area contributed by atoms with E-state index >= 15 is 0 Å². The zero-order valence-electron chi connectivity index (χ0n) is 9.93. The van der Waals surface area contributed by atoms with Crippen molar-refractivity contribution in [3.63, 3.8) is 0 Å². The van der Waals surface area contributed by atoms with Crippen molar-refractivity contribution in [2.45, 2.75) is 12.8 Å². The number of hydrogen-bond acceptors (Lipinski definition) is 5. The Morgan fingerprint density at radius 1 is 1.35 bits per heavy atom. The summed E-state index contributed by atoms with van der Waals surface area (Å²) in [5.74, 6) is -1.90. The number of allylic oxidation sites excluding steroid dienone is 1. The van der Waals surface area contributed by atoms with Gasteiger partial charge in [-0.2, -0.15) is 5.26 Å². The minimum atomic E-state index is -1.36. The second kappa shape index (κ2) is 5.00. The normalized spacial score (nSPS) is 25.7. The highest BCUT2D eigenvalue weighted by molar-refractivity contribution is 6.00. The summed E-state index contributed by atoms with van der Waals surface area (Å²) >= 11 is 0. The number of rotatable bonds is 3. The van der Waals surface area contributed by atoms with E-state index in [4.69, 9.17) is 5.26 Å². The Balaban J connectivity index is 3.12. The van der Waals surface area contributed by atoms with E-state index in [9.17, 15) is 9.59 Å². The van der Waals surface area contributed by atoms with Crippen LogP contribution in [0.25, 0.3) is 0 Å². The van der Waals surface area contributed by atoms with Crippen LogP contribution in [0.3, 0.4) is 0 Å². The zero-order chi connectivity index (χ0) is 13.1. The maximum absolute atomic E-state index is 11.8. The fourth-order valence-corrected chi connectivity index (χ4v) is 2.35. The summed E-state index contributed by atoms with van der Waals surface area (Å²) in [5.41, 5.74) is -1.36. The van der Waals surface area contributed by atoms with Crippen LogP contribution in [0.15, 0.2) is 12.7 Å². The SMILES string of the molecule is C=CC1CC(C(=O)OC)(C(=O)OC)CC1C#N. The van der Waals surface area contributed by atoms with E-state index in [-0.39, 0.29) is 18.8 Å². The van der Waals surface area contributed by atoms with Crippen LogP contribution in [0.5, 0.6) is 0 Å². The number of carbonyl (C=O) groups excluding carboxylic acids is 2. The lowest BCUT2D eigenvalue weighted by Crippen LogP contribution is -2.39. The Morgan fingerprint density at radius 2 is 1.88 bits per heavy atom. The molecule has 0 saturated heterocycles. The molecule has 0 aliphatic heterocycles. The highest BCUT2D eigenvalue weighted by Gasteiger charge is 2.56. The van der Waals surface area contributed by atoms with Crippen LogP contribution in [-0.2, 0) is 19.1 Å². The van der Waals surface area contributed by atoms with Gasteiger partial charge in [-0.15, -0.1) is 6.58 Å². The van der Waals surface area contributed by atoms with E-state index in [1.807, 2.05) is 0 Å². The average molecular weight is 237 g/mol. The quantitative estimate of drug-likeness (QED) is 0.416. The molecule has 1 fully saturated rings. The van der Waals surface area contributed by atoms with Crippen LogP contribution in [0.2, 0.25) is 0 Å². The fourth-order valence-electron chi connectivity index (χ4n) is 2.35. The van der Waals surface area contributed by atoms with Crippen LogP contribution in [0.4, 0.5) is 0 Å². The molecule has 1 saturated carbocycles. The number of methoxy groups -OCH3 is 2. The van der Waals surface area contributed by atoms with Crippen molar-refractivity contribution in [3.05, 3.63) is 12.7 Å². The van der Waals surface area contributed by atoms with E-state index in [0.717, 1.165) is 0 Å². The number of ether oxygens (including phenoxy) is 2. The second-order valence-corrected chi connectivity index (χ2v) is 4.11. The Labute approximate surface area is 100 Å². The number of carbonyl (C=O) groups is 2. The largest absolute Gasteiger partial charge is 0.468 e. The third-order valence-corrected chi connectivity index (χ3v) is 3.29. The minimum Gasteiger partial charge on any atom is -0.468 e. The second-order valence-electron chi connectivity index (χ2n) is 4.11. The van der Waals surface area contributed by atoms with Crippen LogP contribution in [-0.4, -0.2) is 26.2 Å². The monoisotopic (exact) mass is 237 g/mol. The molecule has 0 bridgehead atoms. The summed E-state index contributed by atoms with van der Waals surface area (Å²) in [6, 6.07) is 2.09. The van der Waals surface area contributed by atoms with Crippen molar-refractivity contribution >= 4 is 11.9 Å². The van der Waals surface area contributed by atoms with Gasteiger partial charge < -0.3 is 9.47 Å². The standard InChI is InChI=1S/C12H15NO4/c1-4-8-5-12(10(14)16-2,11(15)17-3)6-9(8)7-13/h4,8-9H,1,5-6H2,2-3H3. The summed E-state index contributed by atoms with van der Waals surface area (Å²) in [7, 11) is 2.44. The molecule has 0 spiro atoms. The average Bonchev–Trinajstić information content (AvgIpc) is 2.76. The predicted molar refractivity (Wildman–Crippen MR) is 58.5 cm³/mol. The van der Waals surface area contributed by atoms with Crippen molar-refractivity contribution < 1.29 is 19.1 Å². The van der Waals surface area contributed by atoms with Crippen molar-refractivity contribution in [1.82, 2.24) is 0 Å². The smallest absolute Gasteiger partial charge is 0.323 e. The molecule has 5 nitrogen and oxygen atoms in total. The van der Waals surface area contributed by atoms with Crippen LogP contribution in [0, 0.1) is 28.6 Å². The van der Waals surface area contributed by atoms with Gasteiger partial charge in [0.1, 0.15) is 0 Å². The Bertz CT molecular complexity index is 366. The fraction of sp³-hybridized carbons (Fsp3) is 0.583. The molecule has 0 aromatic rings. The third-order valence-electron chi connectivity index (χ3n) is 3.29. The van der Waals surface area contributed by atoms with Crippen LogP contribution < -0.4 is 0 Å². The zero-order valence-corrected chi connectivity index (χ0v) is 9.93. The topological polar surface area (TPSA) is 76.4 Å². The van der Waals surface area contributed by atoms with Gasteiger partial charge in [0, 0.05) is 0 Å². The van der Waals surface area contributed by atoms with Gasteiger partial charge >= 0.3 is 11.9 Å². The van der Waals surface area contributed by atoms with Gasteiger partial charge in [0.2, 0.25) is 0 Å². The molecule has 2 atom stereocenters. The molecule has 0 amide bonds. The molecule has 0 aromatic carbocycles. The third kappa shape index (κ3) is 2.03. The molecule has 0 radical (unpaired) electrons.